The number of benzene rings is 3. The lowest BCUT2D eigenvalue weighted by molar-refractivity contribution is -0.113. The van der Waals surface area contributed by atoms with Gasteiger partial charge in [-0.25, -0.2) is 4.68 Å². The maximum atomic E-state index is 13.5. The summed E-state index contributed by atoms with van der Waals surface area (Å²) in [6.45, 7) is 2.19. The Balaban J connectivity index is 1.50. The first-order chi connectivity index (χ1) is 17.0. The summed E-state index contributed by atoms with van der Waals surface area (Å²) in [4.78, 5) is 17.9. The molecule has 3 aromatic carbocycles. The minimum Gasteiger partial charge on any atom is -0.489 e. The van der Waals surface area contributed by atoms with Gasteiger partial charge < -0.3 is 15.4 Å². The number of nitrogens with zero attached hydrogens (tertiary/aromatic N) is 3. The fourth-order valence-corrected chi connectivity index (χ4v) is 4.24. The van der Waals surface area contributed by atoms with E-state index in [0.717, 1.165) is 11.1 Å². The van der Waals surface area contributed by atoms with Gasteiger partial charge in [0.15, 0.2) is 0 Å². The molecular formula is C26H21Cl2N5O2. The van der Waals surface area contributed by atoms with Crippen molar-refractivity contribution in [3.05, 3.63) is 112 Å². The van der Waals surface area contributed by atoms with E-state index in [9.17, 15) is 4.79 Å². The molecule has 0 saturated heterocycles. The van der Waals surface area contributed by atoms with E-state index in [0.29, 0.717) is 45.3 Å². The van der Waals surface area contributed by atoms with Gasteiger partial charge in [0, 0.05) is 27.0 Å². The standard InChI is InChI=1S/C26H21Cl2N5O2/c1-16-23(25(34)32-20-12-10-19(28)11-13-20)24(33-26(31-16)29-15-30-33)21-4-2-3-5-22(21)35-14-17-6-8-18(27)9-7-17/h2-13,15,24H,14H2,1H3,(H,32,34)(H,29,30,31). The Kier molecular flexibility index (Phi) is 6.44. The van der Waals surface area contributed by atoms with Crippen molar-refractivity contribution in [1.29, 1.82) is 0 Å². The van der Waals surface area contributed by atoms with E-state index in [2.05, 4.69) is 20.7 Å². The molecule has 1 unspecified atom stereocenters. The number of carbonyl (C=O) groups excluding carboxylic acids is 1. The predicted octanol–water partition coefficient (Wildman–Crippen LogP) is 6.09. The van der Waals surface area contributed by atoms with Gasteiger partial charge in [-0.1, -0.05) is 53.5 Å². The number of nitrogens with one attached hydrogen (secondary N) is 2. The lowest BCUT2D eigenvalue weighted by atomic mass is 9.94. The van der Waals surface area contributed by atoms with E-state index in [-0.39, 0.29) is 5.91 Å². The van der Waals surface area contributed by atoms with Gasteiger partial charge in [-0.15, -0.1) is 0 Å². The van der Waals surface area contributed by atoms with E-state index < -0.39 is 6.04 Å². The van der Waals surface area contributed by atoms with E-state index >= 15 is 0 Å². The summed E-state index contributed by atoms with van der Waals surface area (Å²) in [5.41, 5.74) is 3.57. The quantitative estimate of drug-likeness (QED) is 0.331. The minimum absolute atomic E-state index is 0.268. The van der Waals surface area contributed by atoms with Crippen LogP contribution in [0.5, 0.6) is 5.75 Å². The molecule has 0 saturated carbocycles. The number of hydrogen-bond acceptors (Lipinski definition) is 5. The van der Waals surface area contributed by atoms with Crippen molar-refractivity contribution in [2.75, 3.05) is 10.6 Å². The number of amides is 1. The van der Waals surface area contributed by atoms with Crippen LogP contribution >= 0.6 is 23.2 Å². The molecule has 0 radical (unpaired) electrons. The topological polar surface area (TPSA) is 81.1 Å². The number of halogens is 2. The first-order valence-corrected chi connectivity index (χ1v) is 11.7. The molecule has 2 heterocycles. The molecule has 1 aliphatic rings. The maximum absolute atomic E-state index is 13.5. The van der Waals surface area contributed by atoms with Crippen LogP contribution in [-0.2, 0) is 11.4 Å². The van der Waals surface area contributed by atoms with Gasteiger partial charge >= 0.3 is 0 Å². The summed E-state index contributed by atoms with van der Waals surface area (Å²) in [7, 11) is 0. The van der Waals surface area contributed by atoms with Crippen LogP contribution in [0.2, 0.25) is 10.0 Å². The third kappa shape index (κ3) is 4.87. The average Bonchev–Trinajstić information content (AvgIpc) is 3.32. The molecule has 1 atom stereocenters. The van der Waals surface area contributed by atoms with Crippen molar-refractivity contribution >= 4 is 40.7 Å². The zero-order valence-electron chi connectivity index (χ0n) is 18.7. The third-order valence-corrected chi connectivity index (χ3v) is 6.17. The first-order valence-electron chi connectivity index (χ1n) is 10.9. The Morgan fingerprint density at radius 2 is 1.71 bits per heavy atom. The van der Waals surface area contributed by atoms with E-state index in [4.69, 9.17) is 27.9 Å². The third-order valence-electron chi connectivity index (χ3n) is 5.66. The number of aromatic nitrogens is 3. The van der Waals surface area contributed by atoms with Crippen molar-refractivity contribution < 1.29 is 9.53 Å². The number of para-hydroxylation sites is 1. The number of carbonyl (C=O) groups is 1. The molecule has 5 rings (SSSR count). The van der Waals surface area contributed by atoms with Crippen LogP contribution < -0.4 is 15.4 Å². The van der Waals surface area contributed by atoms with E-state index in [1.807, 2.05) is 55.5 Å². The fourth-order valence-electron chi connectivity index (χ4n) is 3.98. The van der Waals surface area contributed by atoms with E-state index in [1.165, 1.54) is 6.33 Å². The molecule has 9 heteroatoms. The Labute approximate surface area is 212 Å². The summed E-state index contributed by atoms with van der Waals surface area (Å²) in [5.74, 6) is 0.916. The van der Waals surface area contributed by atoms with Crippen LogP contribution in [0.1, 0.15) is 24.1 Å². The maximum Gasteiger partial charge on any atom is 0.255 e. The summed E-state index contributed by atoms with van der Waals surface area (Å²) in [5, 5.41) is 11.8. The molecule has 0 aliphatic carbocycles. The largest absolute Gasteiger partial charge is 0.489 e. The van der Waals surface area contributed by atoms with Crippen LogP contribution in [0.25, 0.3) is 0 Å². The summed E-state index contributed by atoms with van der Waals surface area (Å²) in [6.07, 6.45) is 1.46. The molecule has 1 aliphatic heterocycles. The lowest BCUT2D eigenvalue weighted by Crippen LogP contribution is -2.31. The smallest absolute Gasteiger partial charge is 0.255 e. The molecule has 1 aromatic heterocycles. The molecule has 0 spiro atoms. The number of anilines is 2. The Bertz CT molecular complexity index is 1400. The van der Waals surface area contributed by atoms with Crippen LogP contribution in [0, 0.1) is 0 Å². The average molecular weight is 506 g/mol. The zero-order chi connectivity index (χ0) is 24.4. The highest BCUT2D eigenvalue weighted by Gasteiger charge is 2.35. The fraction of sp³-hybridized carbons (Fsp3) is 0.115. The Hall–Kier alpha value is -3.81. The molecular weight excluding hydrogens is 485 g/mol. The molecule has 0 fully saturated rings. The van der Waals surface area contributed by atoms with Crippen molar-refractivity contribution in [2.45, 2.75) is 19.6 Å². The van der Waals surface area contributed by atoms with Gasteiger partial charge in [-0.05, 0) is 55.0 Å². The van der Waals surface area contributed by atoms with Gasteiger partial charge in [-0.3, -0.25) is 4.79 Å². The minimum atomic E-state index is -0.553. The van der Waals surface area contributed by atoms with Crippen molar-refractivity contribution in [2.24, 2.45) is 0 Å². The second-order valence-corrected chi connectivity index (χ2v) is 8.88. The number of allylic oxidation sites excluding steroid dienone is 1. The summed E-state index contributed by atoms with van der Waals surface area (Å²) < 4.78 is 7.90. The molecule has 176 valence electrons. The van der Waals surface area contributed by atoms with Crippen LogP contribution in [0.3, 0.4) is 0 Å². The van der Waals surface area contributed by atoms with Crippen molar-refractivity contribution in [3.63, 3.8) is 0 Å². The predicted molar refractivity (Wildman–Crippen MR) is 137 cm³/mol. The normalized spacial score (nSPS) is 14.8. The van der Waals surface area contributed by atoms with Gasteiger partial charge in [0.05, 0.1) is 5.57 Å². The van der Waals surface area contributed by atoms with Gasteiger partial charge in [-0.2, -0.15) is 10.1 Å². The van der Waals surface area contributed by atoms with Gasteiger partial charge in [0.25, 0.3) is 5.91 Å². The summed E-state index contributed by atoms with van der Waals surface area (Å²) in [6, 6.07) is 21.5. The Morgan fingerprint density at radius 3 is 2.46 bits per heavy atom. The molecule has 4 aromatic rings. The zero-order valence-corrected chi connectivity index (χ0v) is 20.2. The molecule has 1 amide bonds. The van der Waals surface area contributed by atoms with Gasteiger partial charge in [0.1, 0.15) is 24.7 Å². The number of ether oxygens (including phenoxy) is 1. The van der Waals surface area contributed by atoms with Crippen LogP contribution in [0.15, 0.2) is 90.4 Å². The SMILES string of the molecule is CC1=C(C(=O)Nc2ccc(Cl)cc2)C(c2ccccc2OCc2ccc(Cl)cc2)n2ncnc2N1. The highest BCUT2D eigenvalue weighted by Crippen LogP contribution is 2.39. The molecule has 35 heavy (non-hydrogen) atoms. The van der Waals surface area contributed by atoms with Gasteiger partial charge in [0.2, 0.25) is 5.95 Å². The Morgan fingerprint density at radius 1 is 1.03 bits per heavy atom. The highest BCUT2D eigenvalue weighted by atomic mass is 35.5. The second kappa shape index (κ2) is 9.82. The highest BCUT2D eigenvalue weighted by molar-refractivity contribution is 6.30. The van der Waals surface area contributed by atoms with Crippen molar-refractivity contribution in [3.8, 4) is 5.75 Å². The number of fused-ring (bicyclic) bond motifs is 1. The lowest BCUT2D eigenvalue weighted by Gasteiger charge is -2.29. The first kappa shape index (κ1) is 23.0. The second-order valence-electron chi connectivity index (χ2n) is 8.01. The van der Waals surface area contributed by atoms with Crippen LogP contribution in [-0.4, -0.2) is 20.7 Å². The molecule has 7 nitrogen and oxygen atoms in total. The van der Waals surface area contributed by atoms with Crippen LogP contribution in [0.4, 0.5) is 11.6 Å². The number of hydrogen-bond donors (Lipinski definition) is 2. The summed E-state index contributed by atoms with van der Waals surface area (Å²) >= 11 is 12.0. The number of rotatable bonds is 6. The monoisotopic (exact) mass is 505 g/mol. The van der Waals surface area contributed by atoms with E-state index in [1.54, 1.807) is 28.9 Å². The molecule has 0 bridgehead atoms. The molecule has 2 N–H and O–H groups in total. The van der Waals surface area contributed by atoms with Crippen molar-refractivity contribution in [1.82, 2.24) is 14.8 Å².